The largest absolute Gasteiger partial charge is 0.444 e. The number of hydrogen-bond donors (Lipinski definition) is 2. The molecule has 2 amide bonds. The number of primary amides is 1. The summed E-state index contributed by atoms with van der Waals surface area (Å²) in [6.45, 7) is 6.81. The molecule has 8 heteroatoms. The zero-order chi connectivity index (χ0) is 16.3. The number of nitrogens with zero attached hydrogens (tertiary/aromatic N) is 2. The second-order valence-corrected chi connectivity index (χ2v) is 6.28. The molecule has 0 aromatic carbocycles. The van der Waals surface area contributed by atoms with Crippen LogP contribution in [0.1, 0.15) is 44.2 Å². The highest BCUT2D eigenvalue weighted by molar-refractivity contribution is 5.89. The maximum atomic E-state index is 11.7. The third-order valence-electron chi connectivity index (χ3n) is 3.22. The normalized spacial score (nSPS) is 16.4. The predicted octanol–water partition coefficient (Wildman–Crippen LogP) is 1.27. The second-order valence-electron chi connectivity index (χ2n) is 6.28. The van der Waals surface area contributed by atoms with Crippen molar-refractivity contribution in [1.82, 2.24) is 10.3 Å². The van der Waals surface area contributed by atoms with Crippen molar-refractivity contribution in [3.05, 3.63) is 12.0 Å². The second kappa shape index (κ2) is 6.25. The van der Waals surface area contributed by atoms with E-state index < -0.39 is 17.6 Å². The van der Waals surface area contributed by atoms with E-state index in [1.165, 1.54) is 6.20 Å². The van der Waals surface area contributed by atoms with Crippen LogP contribution >= 0.6 is 0 Å². The predicted molar refractivity (Wildman–Crippen MR) is 79.6 cm³/mol. The van der Waals surface area contributed by atoms with Gasteiger partial charge in [-0.1, -0.05) is 0 Å². The van der Waals surface area contributed by atoms with Crippen molar-refractivity contribution in [2.75, 3.05) is 18.0 Å². The van der Waals surface area contributed by atoms with Crippen molar-refractivity contribution in [3.63, 3.8) is 0 Å². The molecular formula is C14H22N4O4. The molecule has 0 aliphatic carbocycles. The summed E-state index contributed by atoms with van der Waals surface area (Å²) >= 11 is 0. The quantitative estimate of drug-likeness (QED) is 0.869. The van der Waals surface area contributed by atoms with Gasteiger partial charge in [0.05, 0.1) is 6.20 Å². The summed E-state index contributed by atoms with van der Waals surface area (Å²) in [4.78, 5) is 28.7. The van der Waals surface area contributed by atoms with Gasteiger partial charge < -0.3 is 25.1 Å². The fraction of sp³-hybridized carbons (Fsp3) is 0.643. The molecule has 1 aromatic heterocycles. The van der Waals surface area contributed by atoms with Gasteiger partial charge in [0.15, 0.2) is 0 Å². The number of nitrogens with two attached hydrogens (primary N) is 1. The van der Waals surface area contributed by atoms with Gasteiger partial charge in [-0.3, -0.25) is 4.79 Å². The molecule has 3 N–H and O–H groups in total. The monoisotopic (exact) mass is 310 g/mol. The summed E-state index contributed by atoms with van der Waals surface area (Å²) < 4.78 is 10.5. The SMILES string of the molecule is CC(C)(C)OC(=O)NC1CCN(c2ncc(C(N)=O)o2)CC1. The van der Waals surface area contributed by atoms with Gasteiger partial charge in [0.2, 0.25) is 5.76 Å². The molecule has 122 valence electrons. The summed E-state index contributed by atoms with van der Waals surface area (Å²) in [6.07, 6.45) is 2.40. The van der Waals surface area contributed by atoms with Crippen LogP contribution in [0.15, 0.2) is 10.6 Å². The molecule has 2 heterocycles. The van der Waals surface area contributed by atoms with Crippen molar-refractivity contribution in [3.8, 4) is 0 Å². The van der Waals surface area contributed by atoms with Gasteiger partial charge in [-0.25, -0.2) is 9.78 Å². The Kier molecular flexibility index (Phi) is 4.58. The van der Waals surface area contributed by atoms with Crippen LogP contribution in [0, 0.1) is 0 Å². The zero-order valence-corrected chi connectivity index (χ0v) is 13.1. The topological polar surface area (TPSA) is 111 Å². The zero-order valence-electron chi connectivity index (χ0n) is 13.1. The molecule has 0 radical (unpaired) electrons. The molecule has 0 saturated carbocycles. The summed E-state index contributed by atoms with van der Waals surface area (Å²) in [5.41, 5.74) is 4.63. The van der Waals surface area contributed by atoms with Crippen molar-refractivity contribution < 1.29 is 18.7 Å². The maximum Gasteiger partial charge on any atom is 0.407 e. The van der Waals surface area contributed by atoms with Gasteiger partial charge in [-0.15, -0.1) is 0 Å². The Labute approximate surface area is 129 Å². The number of rotatable bonds is 3. The Bertz CT molecular complexity index is 541. The fourth-order valence-corrected chi connectivity index (χ4v) is 2.21. The number of amides is 2. The molecule has 1 aliphatic heterocycles. The van der Waals surface area contributed by atoms with Crippen LogP contribution in [0.2, 0.25) is 0 Å². The number of anilines is 1. The molecule has 22 heavy (non-hydrogen) atoms. The third-order valence-corrected chi connectivity index (χ3v) is 3.22. The molecule has 1 fully saturated rings. The summed E-state index contributed by atoms with van der Waals surface area (Å²) in [6, 6.07) is 0.432. The van der Waals surface area contributed by atoms with Crippen molar-refractivity contribution >= 4 is 18.0 Å². The van der Waals surface area contributed by atoms with Crippen molar-refractivity contribution in [2.45, 2.75) is 45.3 Å². The van der Waals surface area contributed by atoms with Crippen LogP contribution in [0.25, 0.3) is 0 Å². The first kappa shape index (κ1) is 16.1. The lowest BCUT2D eigenvalue weighted by Gasteiger charge is -2.31. The third kappa shape index (κ3) is 4.37. The van der Waals surface area contributed by atoms with Gasteiger partial charge in [0.1, 0.15) is 5.60 Å². The van der Waals surface area contributed by atoms with Crippen LogP contribution in [0.5, 0.6) is 0 Å². The molecular weight excluding hydrogens is 288 g/mol. The highest BCUT2D eigenvalue weighted by Gasteiger charge is 2.25. The molecule has 8 nitrogen and oxygen atoms in total. The standard InChI is InChI=1S/C14H22N4O4/c1-14(2,3)22-13(20)17-9-4-6-18(7-5-9)12-16-8-10(21-12)11(15)19/h8-9H,4-7H2,1-3H3,(H2,15,19)(H,17,20). The van der Waals surface area contributed by atoms with Gasteiger partial charge in [-0.2, -0.15) is 0 Å². The molecule has 1 saturated heterocycles. The summed E-state index contributed by atoms with van der Waals surface area (Å²) in [7, 11) is 0. The smallest absolute Gasteiger partial charge is 0.407 e. The summed E-state index contributed by atoms with van der Waals surface area (Å²) in [5, 5.41) is 2.86. The molecule has 0 unspecified atom stereocenters. The average Bonchev–Trinajstić information content (AvgIpc) is 2.87. The Hall–Kier alpha value is -2.25. The number of oxazole rings is 1. The Morgan fingerprint density at radius 3 is 2.55 bits per heavy atom. The van der Waals surface area contributed by atoms with Crippen LogP contribution in [-0.4, -0.2) is 41.7 Å². The van der Waals surface area contributed by atoms with E-state index >= 15 is 0 Å². The first-order valence-electron chi connectivity index (χ1n) is 7.25. The minimum atomic E-state index is -0.639. The number of alkyl carbamates (subject to hydrolysis) is 1. The van der Waals surface area contributed by atoms with E-state index in [-0.39, 0.29) is 11.8 Å². The van der Waals surface area contributed by atoms with Crippen LogP contribution in [-0.2, 0) is 4.74 Å². The lowest BCUT2D eigenvalue weighted by Crippen LogP contribution is -2.46. The minimum Gasteiger partial charge on any atom is -0.444 e. The van der Waals surface area contributed by atoms with Gasteiger partial charge in [-0.05, 0) is 33.6 Å². The Morgan fingerprint density at radius 2 is 2.05 bits per heavy atom. The lowest BCUT2D eigenvalue weighted by molar-refractivity contribution is 0.0497. The maximum absolute atomic E-state index is 11.7. The number of hydrogen-bond acceptors (Lipinski definition) is 6. The first-order valence-corrected chi connectivity index (χ1v) is 7.25. The molecule has 2 rings (SSSR count). The highest BCUT2D eigenvalue weighted by atomic mass is 16.6. The number of aromatic nitrogens is 1. The van der Waals surface area contributed by atoms with Gasteiger partial charge in [0, 0.05) is 19.1 Å². The molecule has 0 atom stereocenters. The van der Waals surface area contributed by atoms with E-state index in [0.29, 0.717) is 19.1 Å². The number of ether oxygens (including phenoxy) is 1. The highest BCUT2D eigenvalue weighted by Crippen LogP contribution is 2.20. The number of carbonyl (C=O) groups is 2. The van der Waals surface area contributed by atoms with E-state index in [1.54, 1.807) is 0 Å². The number of carbonyl (C=O) groups excluding carboxylic acids is 2. The van der Waals surface area contributed by atoms with Crippen LogP contribution in [0.4, 0.5) is 10.8 Å². The van der Waals surface area contributed by atoms with Crippen LogP contribution in [0.3, 0.4) is 0 Å². The fourth-order valence-electron chi connectivity index (χ4n) is 2.21. The van der Waals surface area contributed by atoms with Crippen molar-refractivity contribution in [1.29, 1.82) is 0 Å². The molecule has 0 spiro atoms. The van der Waals surface area contributed by atoms with Crippen LogP contribution < -0.4 is 16.0 Å². The number of nitrogens with one attached hydrogen (secondary N) is 1. The average molecular weight is 310 g/mol. The van der Waals surface area contributed by atoms with Gasteiger partial charge >= 0.3 is 6.09 Å². The first-order chi connectivity index (χ1) is 10.2. The van der Waals surface area contributed by atoms with E-state index in [0.717, 1.165) is 12.8 Å². The molecule has 0 bridgehead atoms. The lowest BCUT2D eigenvalue weighted by atomic mass is 10.1. The van der Waals surface area contributed by atoms with Gasteiger partial charge in [0.25, 0.3) is 11.9 Å². The summed E-state index contributed by atoms with van der Waals surface area (Å²) in [5.74, 6) is -0.593. The van der Waals surface area contributed by atoms with E-state index in [1.807, 2.05) is 25.7 Å². The van der Waals surface area contributed by atoms with Crippen molar-refractivity contribution in [2.24, 2.45) is 5.73 Å². The molecule has 1 aromatic rings. The van der Waals surface area contributed by atoms with E-state index in [2.05, 4.69) is 10.3 Å². The Balaban J connectivity index is 1.82. The number of piperidine rings is 1. The minimum absolute atomic E-state index is 0.0454. The van der Waals surface area contributed by atoms with E-state index in [9.17, 15) is 9.59 Å². The van der Waals surface area contributed by atoms with E-state index in [4.69, 9.17) is 14.9 Å². The molecule has 1 aliphatic rings. The Morgan fingerprint density at radius 1 is 1.41 bits per heavy atom.